The first kappa shape index (κ1) is 15.4. The van der Waals surface area contributed by atoms with Crippen molar-refractivity contribution in [1.82, 2.24) is 14.5 Å². The summed E-state index contributed by atoms with van der Waals surface area (Å²) in [7, 11) is 0. The average molecular weight is 329 g/mol. The molecule has 4 rings (SSSR count). The van der Waals surface area contributed by atoms with Gasteiger partial charge < -0.3 is 23.8 Å². The number of hydrogen-bond donors (Lipinski definition) is 0. The van der Waals surface area contributed by atoms with Gasteiger partial charge in [0.1, 0.15) is 5.52 Å². The van der Waals surface area contributed by atoms with E-state index in [1.165, 1.54) is 0 Å². The number of nitrogens with zero attached hydrogens (tertiary/aromatic N) is 5. The smallest absolute Gasteiger partial charge is 0.228 e. The van der Waals surface area contributed by atoms with Crippen molar-refractivity contribution in [2.24, 2.45) is 0 Å². The third kappa shape index (κ3) is 2.85. The van der Waals surface area contributed by atoms with E-state index in [1.54, 1.807) is 0 Å². The van der Waals surface area contributed by atoms with Crippen LogP contribution in [0.5, 0.6) is 0 Å². The van der Waals surface area contributed by atoms with E-state index in [0.717, 1.165) is 82.0 Å². The van der Waals surface area contributed by atoms with Crippen LogP contribution in [0.2, 0.25) is 0 Å². The molecule has 2 saturated heterocycles. The fraction of sp³-hybridized carbons (Fsp3) is 0.529. The van der Waals surface area contributed by atoms with Gasteiger partial charge in [-0.2, -0.15) is 4.98 Å². The Bertz CT molecular complexity index is 717. The molecule has 24 heavy (non-hydrogen) atoms. The average Bonchev–Trinajstić information content (AvgIpc) is 3.06. The molecular formula is C17H23N5O2. The Kier molecular flexibility index (Phi) is 4.36. The van der Waals surface area contributed by atoms with Crippen LogP contribution in [0, 0.1) is 0 Å². The summed E-state index contributed by atoms with van der Waals surface area (Å²) >= 11 is 0. The maximum atomic E-state index is 5.50. The third-order valence-electron chi connectivity index (χ3n) is 4.51. The zero-order chi connectivity index (χ0) is 16.4. The number of fused-ring (bicyclic) bond motifs is 1. The molecule has 0 aliphatic carbocycles. The predicted molar refractivity (Wildman–Crippen MR) is 93.8 cm³/mol. The van der Waals surface area contributed by atoms with E-state index in [-0.39, 0.29) is 0 Å². The first-order valence-corrected chi connectivity index (χ1v) is 8.50. The van der Waals surface area contributed by atoms with Gasteiger partial charge in [0.25, 0.3) is 0 Å². The molecule has 2 fully saturated rings. The Balaban J connectivity index is 1.80. The molecule has 4 heterocycles. The molecule has 0 atom stereocenters. The molecule has 2 aromatic heterocycles. The van der Waals surface area contributed by atoms with Crippen LogP contribution in [0.15, 0.2) is 24.9 Å². The summed E-state index contributed by atoms with van der Waals surface area (Å²) in [6, 6.07) is 2.06. The van der Waals surface area contributed by atoms with Gasteiger partial charge >= 0.3 is 0 Å². The van der Waals surface area contributed by atoms with E-state index in [4.69, 9.17) is 19.4 Å². The van der Waals surface area contributed by atoms with Gasteiger partial charge in [0.15, 0.2) is 5.82 Å². The topological polar surface area (TPSA) is 55.7 Å². The second-order valence-electron chi connectivity index (χ2n) is 6.04. The molecule has 0 bridgehead atoms. The van der Waals surface area contributed by atoms with E-state index >= 15 is 0 Å². The standard InChI is InChI=1S/C17H23N5O2/c1-2-4-20-5-3-14-15(20)16(21-6-10-23-11-7-21)19-17(18-14)22-8-12-24-13-9-22/h2-3,5H,1,4,6-13H2. The Morgan fingerprint density at radius 3 is 2.33 bits per heavy atom. The number of ether oxygens (including phenoxy) is 2. The van der Waals surface area contributed by atoms with Crippen molar-refractivity contribution in [3.63, 3.8) is 0 Å². The van der Waals surface area contributed by atoms with Crippen molar-refractivity contribution in [2.75, 3.05) is 62.4 Å². The van der Waals surface area contributed by atoms with Gasteiger partial charge in [0, 0.05) is 38.9 Å². The van der Waals surface area contributed by atoms with Crippen LogP contribution < -0.4 is 9.80 Å². The van der Waals surface area contributed by atoms with Crippen LogP contribution in [0.25, 0.3) is 11.0 Å². The first-order valence-electron chi connectivity index (χ1n) is 8.50. The van der Waals surface area contributed by atoms with Crippen molar-refractivity contribution < 1.29 is 9.47 Å². The lowest BCUT2D eigenvalue weighted by atomic mass is 10.3. The summed E-state index contributed by atoms with van der Waals surface area (Å²) in [6.07, 6.45) is 3.96. The molecule has 0 unspecified atom stereocenters. The SMILES string of the molecule is C=CCn1ccc2nc(N3CCOCC3)nc(N3CCOCC3)c21. The lowest BCUT2D eigenvalue weighted by Gasteiger charge is -2.31. The van der Waals surface area contributed by atoms with Gasteiger partial charge in [-0.15, -0.1) is 6.58 Å². The molecule has 0 radical (unpaired) electrons. The van der Waals surface area contributed by atoms with Crippen molar-refractivity contribution in [1.29, 1.82) is 0 Å². The highest BCUT2D eigenvalue weighted by Gasteiger charge is 2.22. The Labute approximate surface area is 141 Å². The molecule has 7 nitrogen and oxygen atoms in total. The maximum Gasteiger partial charge on any atom is 0.228 e. The predicted octanol–water partition coefficient (Wildman–Crippen LogP) is 1.29. The van der Waals surface area contributed by atoms with E-state index in [2.05, 4.69) is 33.2 Å². The van der Waals surface area contributed by atoms with Crippen LogP contribution >= 0.6 is 0 Å². The fourth-order valence-electron chi connectivity index (χ4n) is 3.27. The van der Waals surface area contributed by atoms with Crippen molar-refractivity contribution in [2.45, 2.75) is 6.54 Å². The number of hydrogen-bond acceptors (Lipinski definition) is 6. The summed E-state index contributed by atoms with van der Waals surface area (Å²) in [4.78, 5) is 14.3. The molecule has 2 aliphatic heterocycles. The molecule has 7 heteroatoms. The minimum atomic E-state index is 0.728. The highest BCUT2D eigenvalue weighted by atomic mass is 16.5. The molecule has 128 valence electrons. The number of aromatic nitrogens is 3. The summed E-state index contributed by atoms with van der Waals surface area (Å²) in [5.74, 6) is 1.79. The summed E-state index contributed by atoms with van der Waals surface area (Å²) in [5.41, 5.74) is 2.06. The highest BCUT2D eigenvalue weighted by Crippen LogP contribution is 2.28. The van der Waals surface area contributed by atoms with Crippen LogP contribution in [-0.4, -0.2) is 67.1 Å². The Hall–Kier alpha value is -2.12. The van der Waals surface area contributed by atoms with Crippen molar-refractivity contribution in [3.05, 3.63) is 24.9 Å². The minimum absolute atomic E-state index is 0.728. The van der Waals surface area contributed by atoms with Crippen molar-refractivity contribution >= 4 is 22.8 Å². The molecule has 2 aromatic rings. The van der Waals surface area contributed by atoms with Gasteiger partial charge in [0.2, 0.25) is 5.95 Å². The summed E-state index contributed by atoms with van der Waals surface area (Å²) in [5, 5.41) is 0. The number of rotatable bonds is 4. The van der Waals surface area contributed by atoms with Gasteiger partial charge in [0.05, 0.1) is 31.9 Å². The fourth-order valence-corrected chi connectivity index (χ4v) is 3.27. The molecule has 0 saturated carbocycles. The quantitative estimate of drug-likeness (QED) is 0.788. The lowest BCUT2D eigenvalue weighted by molar-refractivity contribution is 0.121. The van der Waals surface area contributed by atoms with Crippen LogP contribution in [-0.2, 0) is 16.0 Å². The Morgan fingerprint density at radius 2 is 1.67 bits per heavy atom. The molecule has 0 spiro atoms. The van der Waals surface area contributed by atoms with E-state index < -0.39 is 0 Å². The van der Waals surface area contributed by atoms with Crippen LogP contribution in [0.4, 0.5) is 11.8 Å². The van der Waals surface area contributed by atoms with Gasteiger partial charge in [-0.05, 0) is 6.07 Å². The van der Waals surface area contributed by atoms with Crippen LogP contribution in [0.1, 0.15) is 0 Å². The molecular weight excluding hydrogens is 306 g/mol. The van der Waals surface area contributed by atoms with Gasteiger partial charge in [-0.3, -0.25) is 0 Å². The van der Waals surface area contributed by atoms with Gasteiger partial charge in [-0.25, -0.2) is 4.98 Å². The zero-order valence-corrected chi connectivity index (χ0v) is 13.9. The molecule has 2 aliphatic rings. The second kappa shape index (κ2) is 6.78. The second-order valence-corrected chi connectivity index (χ2v) is 6.04. The number of morpholine rings is 2. The van der Waals surface area contributed by atoms with Crippen LogP contribution in [0.3, 0.4) is 0 Å². The van der Waals surface area contributed by atoms with E-state index in [1.807, 2.05) is 6.08 Å². The number of anilines is 2. The van der Waals surface area contributed by atoms with Crippen molar-refractivity contribution in [3.8, 4) is 0 Å². The highest BCUT2D eigenvalue weighted by molar-refractivity contribution is 5.88. The first-order chi connectivity index (χ1) is 11.9. The molecule has 0 aromatic carbocycles. The minimum Gasteiger partial charge on any atom is -0.378 e. The zero-order valence-electron chi connectivity index (χ0n) is 13.9. The number of allylic oxidation sites excluding steroid dienone is 1. The lowest BCUT2D eigenvalue weighted by Crippen LogP contribution is -2.39. The molecule has 0 N–H and O–H groups in total. The largest absolute Gasteiger partial charge is 0.378 e. The third-order valence-corrected chi connectivity index (χ3v) is 4.51. The van der Waals surface area contributed by atoms with E-state index in [0.29, 0.717) is 0 Å². The normalized spacial score (nSPS) is 19.0. The monoisotopic (exact) mass is 329 g/mol. The summed E-state index contributed by atoms with van der Waals surface area (Å²) < 4.78 is 13.1. The molecule has 0 amide bonds. The summed E-state index contributed by atoms with van der Waals surface area (Å²) in [6.45, 7) is 10.9. The van der Waals surface area contributed by atoms with Gasteiger partial charge in [-0.1, -0.05) is 6.08 Å². The Morgan fingerprint density at radius 1 is 1.00 bits per heavy atom. The maximum absolute atomic E-state index is 5.50. The van der Waals surface area contributed by atoms with E-state index in [9.17, 15) is 0 Å².